The fraction of sp³-hybridized carbons (Fsp3) is 0. The third kappa shape index (κ3) is 1.33. The van der Waals surface area contributed by atoms with Gasteiger partial charge in [0.05, 0.1) is 0 Å². The Kier molecular flexibility index (Phi) is 2.32. The summed E-state index contributed by atoms with van der Waals surface area (Å²) >= 11 is 2.29. The minimum absolute atomic E-state index is 0.119. The van der Waals surface area contributed by atoms with Gasteiger partial charge in [0.2, 0.25) is 0 Å². The molecule has 0 aliphatic heterocycles. The van der Waals surface area contributed by atoms with E-state index in [0.717, 1.165) is 14.3 Å². The van der Waals surface area contributed by atoms with Crippen LogP contribution in [0.25, 0.3) is 21.5 Å². The lowest BCUT2D eigenvalue weighted by Crippen LogP contribution is -1.87. The number of halogens is 2. The molecule has 0 aliphatic rings. The molecule has 16 heavy (non-hydrogen) atoms. The van der Waals surface area contributed by atoms with Crippen LogP contribution in [0.5, 0.6) is 0 Å². The monoisotopic (exact) mass is 322 g/mol. The minimum atomic E-state index is -0.119. The van der Waals surface area contributed by atoms with Crippen LogP contribution >= 0.6 is 22.6 Å². The van der Waals surface area contributed by atoms with Gasteiger partial charge < -0.3 is 0 Å². The van der Waals surface area contributed by atoms with Crippen LogP contribution in [0.15, 0.2) is 48.5 Å². The molecule has 2 heteroatoms. The topological polar surface area (TPSA) is 0 Å². The Labute approximate surface area is 106 Å². The first kappa shape index (κ1) is 10.0. The Bertz CT molecular complexity index is 572. The van der Waals surface area contributed by atoms with Crippen molar-refractivity contribution in [3.05, 3.63) is 57.9 Å². The summed E-state index contributed by atoms with van der Waals surface area (Å²) in [7, 11) is 0. The molecule has 0 nitrogen and oxygen atoms in total. The van der Waals surface area contributed by atoms with E-state index in [9.17, 15) is 4.39 Å². The summed E-state index contributed by atoms with van der Waals surface area (Å²) in [6, 6.07) is 15.2. The molecule has 0 heterocycles. The van der Waals surface area contributed by atoms with Gasteiger partial charge in [-0.15, -0.1) is 0 Å². The number of rotatable bonds is 0. The van der Waals surface area contributed by atoms with Crippen molar-refractivity contribution < 1.29 is 4.39 Å². The van der Waals surface area contributed by atoms with Crippen LogP contribution in [-0.4, -0.2) is 0 Å². The van der Waals surface area contributed by atoms with Gasteiger partial charge in [0.1, 0.15) is 5.82 Å². The van der Waals surface area contributed by atoms with E-state index in [0.29, 0.717) is 10.8 Å². The van der Waals surface area contributed by atoms with Crippen LogP contribution in [-0.2, 0) is 0 Å². The minimum Gasteiger partial charge on any atom is -0.206 e. The standard InChI is InChI=1S/C14H8FI/c15-13-9-5-1-3-7-11(9)14(16)12-8-4-2-6-10(12)13/h1-8H. The van der Waals surface area contributed by atoms with Crippen molar-refractivity contribution in [2.24, 2.45) is 0 Å². The molecule has 3 aromatic carbocycles. The maximum Gasteiger partial charge on any atom is 0.138 e. The molecule has 0 spiro atoms. The quantitative estimate of drug-likeness (QED) is 0.414. The molecular formula is C14H8FI. The lowest BCUT2D eigenvalue weighted by Gasteiger charge is -2.07. The number of hydrogen-bond acceptors (Lipinski definition) is 0. The van der Waals surface area contributed by atoms with E-state index in [1.54, 1.807) is 0 Å². The SMILES string of the molecule is Fc1c2ccccc2c(I)c2ccccc12. The molecule has 0 saturated carbocycles. The second kappa shape index (κ2) is 3.70. The predicted octanol–water partition coefficient (Wildman–Crippen LogP) is 4.74. The van der Waals surface area contributed by atoms with Gasteiger partial charge >= 0.3 is 0 Å². The van der Waals surface area contributed by atoms with Crippen molar-refractivity contribution in [3.8, 4) is 0 Å². The second-order valence-electron chi connectivity index (χ2n) is 3.72. The van der Waals surface area contributed by atoms with Gasteiger partial charge in [-0.1, -0.05) is 48.5 Å². The van der Waals surface area contributed by atoms with E-state index in [4.69, 9.17) is 0 Å². The van der Waals surface area contributed by atoms with Crippen molar-refractivity contribution in [1.29, 1.82) is 0 Å². The molecular weight excluding hydrogens is 314 g/mol. The third-order valence-electron chi connectivity index (χ3n) is 2.80. The third-order valence-corrected chi connectivity index (χ3v) is 3.96. The fourth-order valence-corrected chi connectivity index (χ4v) is 2.96. The first-order valence-electron chi connectivity index (χ1n) is 5.03. The van der Waals surface area contributed by atoms with Crippen molar-refractivity contribution in [2.75, 3.05) is 0 Å². The van der Waals surface area contributed by atoms with Gasteiger partial charge in [0.15, 0.2) is 0 Å². The van der Waals surface area contributed by atoms with Crippen LogP contribution in [0.1, 0.15) is 0 Å². The Morgan fingerprint density at radius 3 is 1.50 bits per heavy atom. The highest BCUT2D eigenvalue weighted by Gasteiger charge is 2.10. The zero-order valence-corrected chi connectivity index (χ0v) is 10.5. The molecule has 0 saturated heterocycles. The Morgan fingerprint density at radius 1 is 0.688 bits per heavy atom. The normalized spacial score (nSPS) is 11.1. The molecule has 0 bridgehead atoms. The molecule has 0 aromatic heterocycles. The van der Waals surface area contributed by atoms with Crippen molar-refractivity contribution in [2.45, 2.75) is 0 Å². The summed E-state index contributed by atoms with van der Waals surface area (Å²) in [5.41, 5.74) is 0. The summed E-state index contributed by atoms with van der Waals surface area (Å²) in [5.74, 6) is -0.119. The van der Waals surface area contributed by atoms with Gasteiger partial charge in [-0.3, -0.25) is 0 Å². The van der Waals surface area contributed by atoms with E-state index in [2.05, 4.69) is 22.6 Å². The number of benzene rings is 3. The van der Waals surface area contributed by atoms with Crippen LogP contribution in [0.2, 0.25) is 0 Å². The van der Waals surface area contributed by atoms with Crippen molar-refractivity contribution in [3.63, 3.8) is 0 Å². The maximum absolute atomic E-state index is 14.2. The maximum atomic E-state index is 14.2. The van der Waals surface area contributed by atoms with Crippen molar-refractivity contribution >= 4 is 44.1 Å². The van der Waals surface area contributed by atoms with E-state index in [1.807, 2.05) is 48.5 Å². The van der Waals surface area contributed by atoms with Crippen LogP contribution < -0.4 is 0 Å². The van der Waals surface area contributed by atoms with Crippen molar-refractivity contribution in [1.82, 2.24) is 0 Å². The lowest BCUT2D eigenvalue weighted by molar-refractivity contribution is 0.651. The van der Waals surface area contributed by atoms with Gasteiger partial charge in [-0.25, -0.2) is 4.39 Å². The zero-order chi connectivity index (χ0) is 11.1. The summed E-state index contributed by atoms with van der Waals surface area (Å²) in [6.07, 6.45) is 0. The van der Waals surface area contributed by atoms with Crippen LogP contribution in [0.4, 0.5) is 4.39 Å². The highest BCUT2D eigenvalue weighted by molar-refractivity contribution is 14.1. The molecule has 0 unspecified atom stereocenters. The largest absolute Gasteiger partial charge is 0.206 e. The number of fused-ring (bicyclic) bond motifs is 2. The average Bonchev–Trinajstić information content (AvgIpc) is 2.36. The van der Waals surface area contributed by atoms with Gasteiger partial charge in [0, 0.05) is 14.3 Å². The first-order chi connectivity index (χ1) is 7.79. The van der Waals surface area contributed by atoms with Gasteiger partial charge in [-0.2, -0.15) is 0 Å². The van der Waals surface area contributed by atoms with E-state index in [-0.39, 0.29) is 5.82 Å². The molecule has 0 radical (unpaired) electrons. The number of hydrogen-bond donors (Lipinski definition) is 0. The van der Waals surface area contributed by atoms with Gasteiger partial charge in [-0.05, 0) is 33.4 Å². The zero-order valence-electron chi connectivity index (χ0n) is 8.37. The lowest BCUT2D eigenvalue weighted by atomic mass is 10.0. The van der Waals surface area contributed by atoms with E-state index in [1.165, 1.54) is 0 Å². The molecule has 0 fully saturated rings. The predicted molar refractivity (Wildman–Crippen MR) is 74.1 cm³/mol. The smallest absolute Gasteiger partial charge is 0.138 e. The molecule has 0 aliphatic carbocycles. The van der Waals surface area contributed by atoms with E-state index >= 15 is 0 Å². The summed E-state index contributed by atoms with van der Waals surface area (Å²) in [5, 5.41) is 3.37. The molecule has 3 rings (SSSR count). The average molecular weight is 322 g/mol. The van der Waals surface area contributed by atoms with Crippen LogP contribution in [0.3, 0.4) is 0 Å². The fourth-order valence-electron chi connectivity index (χ4n) is 2.02. The first-order valence-corrected chi connectivity index (χ1v) is 6.11. The Morgan fingerprint density at radius 2 is 1.06 bits per heavy atom. The molecule has 3 aromatic rings. The summed E-state index contributed by atoms with van der Waals surface area (Å²) in [6.45, 7) is 0. The molecule has 78 valence electrons. The van der Waals surface area contributed by atoms with Gasteiger partial charge in [0.25, 0.3) is 0 Å². The summed E-state index contributed by atoms with van der Waals surface area (Å²) < 4.78 is 15.4. The Hall–Kier alpha value is -1.16. The molecule has 0 N–H and O–H groups in total. The molecule has 0 amide bonds. The highest BCUT2D eigenvalue weighted by Crippen LogP contribution is 2.32. The summed E-state index contributed by atoms with van der Waals surface area (Å²) in [4.78, 5) is 0. The second-order valence-corrected chi connectivity index (χ2v) is 4.80. The molecule has 0 atom stereocenters. The Balaban J connectivity index is 2.67. The highest BCUT2D eigenvalue weighted by atomic mass is 127. The van der Waals surface area contributed by atoms with E-state index < -0.39 is 0 Å². The van der Waals surface area contributed by atoms with Crippen LogP contribution in [0, 0.1) is 9.39 Å².